The number of carbonyl (C=O) groups excluding carboxylic acids is 1. The van der Waals surface area contributed by atoms with Gasteiger partial charge >= 0.3 is 0 Å². The van der Waals surface area contributed by atoms with Crippen molar-refractivity contribution in [3.8, 4) is 0 Å². The zero-order valence-electron chi connectivity index (χ0n) is 11.2. The van der Waals surface area contributed by atoms with Gasteiger partial charge in [0.15, 0.2) is 0 Å². The molecule has 1 amide bonds. The van der Waals surface area contributed by atoms with Crippen LogP contribution in [-0.4, -0.2) is 11.9 Å². The van der Waals surface area contributed by atoms with Crippen molar-refractivity contribution in [3.63, 3.8) is 0 Å². The maximum Gasteiger partial charge on any atom is 0.241 e. The Bertz CT molecular complexity index is 690. The van der Waals surface area contributed by atoms with E-state index >= 15 is 0 Å². The van der Waals surface area contributed by atoms with Gasteiger partial charge in [0.1, 0.15) is 0 Å². The highest BCUT2D eigenvalue weighted by Crippen LogP contribution is 2.26. The number of rotatable bonds is 2. The Morgan fingerprint density at radius 2 is 2.00 bits per heavy atom. The average molecular weight is 366 g/mol. The van der Waals surface area contributed by atoms with Crippen molar-refractivity contribution in [2.75, 3.05) is 5.32 Å². The normalized spacial score (nSPS) is 17.1. The van der Waals surface area contributed by atoms with E-state index in [9.17, 15) is 4.79 Å². The quantitative estimate of drug-likeness (QED) is 0.851. The minimum absolute atomic E-state index is 0.0653. The van der Waals surface area contributed by atoms with Crippen LogP contribution in [0.1, 0.15) is 11.1 Å². The Labute approximate surface area is 136 Å². The summed E-state index contributed by atoms with van der Waals surface area (Å²) in [6, 6.07) is 13.3. The lowest BCUT2D eigenvalue weighted by Crippen LogP contribution is -2.44. The number of hydrogen-bond acceptors (Lipinski definition) is 2. The molecule has 2 aromatic carbocycles. The lowest BCUT2D eigenvalue weighted by atomic mass is 9.95. The zero-order chi connectivity index (χ0) is 14.8. The van der Waals surface area contributed by atoms with Gasteiger partial charge in [-0.05, 0) is 35.7 Å². The summed E-state index contributed by atoms with van der Waals surface area (Å²) in [5, 5.41) is 6.68. The smallest absolute Gasteiger partial charge is 0.241 e. The lowest BCUT2D eigenvalue weighted by Gasteiger charge is -2.25. The highest BCUT2D eigenvalue weighted by atomic mass is 79.9. The third-order valence-electron chi connectivity index (χ3n) is 3.58. The van der Waals surface area contributed by atoms with Gasteiger partial charge in [-0.15, -0.1) is 0 Å². The summed E-state index contributed by atoms with van der Waals surface area (Å²) in [5.74, 6) is -0.0653. The monoisotopic (exact) mass is 364 g/mol. The minimum Gasteiger partial charge on any atom is -0.323 e. The van der Waals surface area contributed by atoms with Crippen molar-refractivity contribution in [1.82, 2.24) is 5.32 Å². The number of halogens is 2. The molecule has 3 rings (SSSR count). The molecule has 1 aliphatic heterocycles. The minimum atomic E-state index is -0.241. The van der Waals surface area contributed by atoms with Crippen LogP contribution in [0, 0.1) is 0 Å². The molecule has 1 aliphatic rings. The molecule has 2 N–H and O–H groups in total. The summed E-state index contributed by atoms with van der Waals surface area (Å²) in [4.78, 5) is 12.4. The Balaban J connectivity index is 1.74. The Morgan fingerprint density at radius 3 is 2.81 bits per heavy atom. The summed E-state index contributed by atoms with van der Waals surface area (Å²) in [6.07, 6.45) is 0.688. The molecule has 1 heterocycles. The molecule has 0 aromatic heterocycles. The maximum absolute atomic E-state index is 12.4. The summed E-state index contributed by atoms with van der Waals surface area (Å²) < 4.78 is 0.879. The Morgan fingerprint density at radius 1 is 1.24 bits per heavy atom. The number of fused-ring (bicyclic) bond motifs is 1. The van der Waals surface area contributed by atoms with Gasteiger partial charge in [0.2, 0.25) is 5.91 Å². The molecule has 1 atom stereocenters. The molecule has 0 saturated heterocycles. The maximum atomic E-state index is 12.4. The summed E-state index contributed by atoms with van der Waals surface area (Å²) in [7, 11) is 0. The second kappa shape index (κ2) is 6.18. The molecule has 0 fully saturated rings. The molecular weight excluding hydrogens is 352 g/mol. The lowest BCUT2D eigenvalue weighted by molar-refractivity contribution is -0.118. The van der Waals surface area contributed by atoms with E-state index in [2.05, 4.69) is 38.7 Å². The van der Waals surface area contributed by atoms with Gasteiger partial charge in [-0.2, -0.15) is 0 Å². The van der Waals surface area contributed by atoms with Gasteiger partial charge in [-0.3, -0.25) is 4.79 Å². The van der Waals surface area contributed by atoms with E-state index in [0.29, 0.717) is 23.7 Å². The first kappa shape index (κ1) is 14.6. The van der Waals surface area contributed by atoms with Crippen molar-refractivity contribution < 1.29 is 4.79 Å². The molecule has 3 nitrogen and oxygen atoms in total. The van der Waals surface area contributed by atoms with Crippen molar-refractivity contribution >= 4 is 39.1 Å². The van der Waals surface area contributed by atoms with Gasteiger partial charge in [0.05, 0.1) is 16.8 Å². The van der Waals surface area contributed by atoms with Crippen LogP contribution in [0.25, 0.3) is 0 Å². The van der Waals surface area contributed by atoms with E-state index < -0.39 is 0 Å². The van der Waals surface area contributed by atoms with Gasteiger partial charge in [0.25, 0.3) is 0 Å². The number of anilines is 1. The van der Waals surface area contributed by atoms with Crippen LogP contribution < -0.4 is 10.6 Å². The van der Waals surface area contributed by atoms with Crippen LogP contribution >= 0.6 is 27.5 Å². The van der Waals surface area contributed by atoms with E-state index in [1.807, 2.05) is 18.2 Å². The highest BCUT2D eigenvalue weighted by Gasteiger charge is 2.24. The highest BCUT2D eigenvalue weighted by molar-refractivity contribution is 9.10. The molecular formula is C16H14BrClN2O. The molecule has 5 heteroatoms. The van der Waals surface area contributed by atoms with Crippen LogP contribution in [0.2, 0.25) is 5.02 Å². The fourth-order valence-corrected chi connectivity index (χ4v) is 2.98. The van der Waals surface area contributed by atoms with Crippen LogP contribution in [0.3, 0.4) is 0 Å². The Kier molecular flexibility index (Phi) is 4.29. The number of nitrogens with one attached hydrogen (secondary N) is 2. The van der Waals surface area contributed by atoms with Gasteiger partial charge in [-0.1, -0.05) is 51.8 Å². The van der Waals surface area contributed by atoms with Crippen molar-refractivity contribution in [2.45, 2.75) is 19.0 Å². The van der Waals surface area contributed by atoms with Crippen LogP contribution in [0.15, 0.2) is 46.9 Å². The molecule has 108 valence electrons. The van der Waals surface area contributed by atoms with Crippen molar-refractivity contribution in [2.24, 2.45) is 0 Å². The van der Waals surface area contributed by atoms with Crippen LogP contribution in [0.5, 0.6) is 0 Å². The standard InChI is InChI=1S/C16H14BrClN2O/c17-12-5-6-13(18)14(8-12)20-16(21)15-7-10-3-1-2-4-11(10)9-19-15/h1-6,8,15,19H,7,9H2,(H,20,21)/t15-/m0/s1. The third-order valence-corrected chi connectivity index (χ3v) is 4.41. The van der Waals surface area contributed by atoms with Crippen LogP contribution in [-0.2, 0) is 17.8 Å². The molecule has 0 saturated carbocycles. The van der Waals surface area contributed by atoms with Crippen molar-refractivity contribution in [3.05, 3.63) is 63.1 Å². The molecule has 0 unspecified atom stereocenters. The fourth-order valence-electron chi connectivity index (χ4n) is 2.45. The van der Waals surface area contributed by atoms with Gasteiger partial charge < -0.3 is 10.6 Å². The first-order valence-electron chi connectivity index (χ1n) is 6.69. The van der Waals surface area contributed by atoms with Gasteiger partial charge in [0, 0.05) is 11.0 Å². The second-order valence-corrected chi connectivity index (χ2v) is 6.34. The molecule has 0 radical (unpaired) electrons. The van der Waals surface area contributed by atoms with Crippen molar-refractivity contribution in [1.29, 1.82) is 0 Å². The molecule has 0 bridgehead atoms. The first-order valence-corrected chi connectivity index (χ1v) is 7.86. The molecule has 0 spiro atoms. The Hall–Kier alpha value is -1.36. The molecule has 0 aliphatic carbocycles. The van der Waals surface area contributed by atoms with Gasteiger partial charge in [-0.25, -0.2) is 0 Å². The second-order valence-electron chi connectivity index (χ2n) is 5.02. The fraction of sp³-hybridized carbons (Fsp3) is 0.188. The SMILES string of the molecule is O=C(Nc1cc(Br)ccc1Cl)[C@@H]1Cc2ccccc2CN1. The van der Waals surface area contributed by atoms with E-state index in [0.717, 1.165) is 4.47 Å². The summed E-state index contributed by atoms with van der Waals surface area (Å²) in [6.45, 7) is 0.709. The van der Waals surface area contributed by atoms with E-state index in [1.165, 1.54) is 11.1 Å². The number of carbonyl (C=O) groups is 1. The molecule has 2 aromatic rings. The zero-order valence-corrected chi connectivity index (χ0v) is 13.5. The predicted molar refractivity (Wildman–Crippen MR) is 88.6 cm³/mol. The molecule has 21 heavy (non-hydrogen) atoms. The van der Waals surface area contributed by atoms with E-state index in [1.54, 1.807) is 12.1 Å². The average Bonchev–Trinajstić information content (AvgIpc) is 2.50. The van der Waals surface area contributed by atoms with E-state index in [-0.39, 0.29) is 11.9 Å². The third kappa shape index (κ3) is 3.28. The summed E-state index contributed by atoms with van der Waals surface area (Å²) in [5.41, 5.74) is 3.09. The topological polar surface area (TPSA) is 41.1 Å². The van der Waals surface area contributed by atoms with E-state index in [4.69, 9.17) is 11.6 Å². The number of hydrogen-bond donors (Lipinski definition) is 2. The largest absolute Gasteiger partial charge is 0.323 e. The predicted octanol–water partition coefficient (Wildman–Crippen LogP) is 3.76. The summed E-state index contributed by atoms with van der Waals surface area (Å²) >= 11 is 9.48. The number of amides is 1. The number of benzene rings is 2. The van der Waals surface area contributed by atoms with Crippen LogP contribution in [0.4, 0.5) is 5.69 Å². The first-order chi connectivity index (χ1) is 10.1.